The number of rotatable bonds is 5. The van der Waals surface area contributed by atoms with E-state index in [4.69, 9.17) is 32.7 Å². The lowest BCUT2D eigenvalue weighted by Gasteiger charge is -2.20. The first kappa shape index (κ1) is 15.4. The van der Waals surface area contributed by atoms with Crippen molar-refractivity contribution in [2.75, 3.05) is 21.3 Å². The maximum absolute atomic E-state index is 6.26. The molecule has 1 aromatic carbocycles. The van der Waals surface area contributed by atoms with E-state index in [0.717, 1.165) is 22.6 Å². The van der Waals surface area contributed by atoms with E-state index < -0.39 is 0 Å². The van der Waals surface area contributed by atoms with Gasteiger partial charge >= 0.3 is 0 Å². The Labute approximate surface area is 132 Å². The zero-order valence-corrected chi connectivity index (χ0v) is 13.7. The van der Waals surface area contributed by atoms with Gasteiger partial charge in [0.05, 0.1) is 28.9 Å². The molecule has 0 aliphatic carbocycles. The van der Waals surface area contributed by atoms with E-state index in [1.165, 1.54) is 11.3 Å². The highest BCUT2D eigenvalue weighted by Crippen LogP contribution is 2.40. The Morgan fingerprint density at radius 1 is 1.10 bits per heavy atom. The van der Waals surface area contributed by atoms with Crippen LogP contribution in [-0.4, -0.2) is 21.3 Å². The summed E-state index contributed by atoms with van der Waals surface area (Å²) in [5, 5.41) is 3.24. The van der Waals surface area contributed by atoms with E-state index in [1.807, 2.05) is 31.3 Å². The van der Waals surface area contributed by atoms with Gasteiger partial charge in [-0.1, -0.05) is 23.2 Å². The predicted octanol–water partition coefficient (Wildman–Crippen LogP) is 4.38. The van der Waals surface area contributed by atoms with Crippen LogP contribution in [0.4, 0.5) is 0 Å². The van der Waals surface area contributed by atoms with Gasteiger partial charge in [0.1, 0.15) is 11.5 Å². The molecule has 0 saturated carbocycles. The molecule has 108 valence electrons. The van der Waals surface area contributed by atoms with Crippen LogP contribution in [0.2, 0.25) is 8.67 Å². The van der Waals surface area contributed by atoms with E-state index in [2.05, 4.69) is 5.32 Å². The molecular weight excluding hydrogens is 317 g/mol. The molecule has 0 fully saturated rings. The Bertz CT molecular complexity index is 601. The Morgan fingerprint density at radius 3 is 2.35 bits per heavy atom. The maximum atomic E-state index is 6.26. The maximum Gasteiger partial charge on any atom is 0.124 e. The Balaban J connectivity index is 2.53. The summed E-state index contributed by atoms with van der Waals surface area (Å²) in [5.41, 5.74) is 1.88. The van der Waals surface area contributed by atoms with Gasteiger partial charge in [-0.15, -0.1) is 11.3 Å². The number of nitrogens with one attached hydrogen (secondary N) is 1. The zero-order valence-electron chi connectivity index (χ0n) is 11.4. The first-order valence-electron chi connectivity index (χ1n) is 5.94. The molecule has 0 aliphatic rings. The quantitative estimate of drug-likeness (QED) is 0.881. The van der Waals surface area contributed by atoms with Gasteiger partial charge in [-0.3, -0.25) is 0 Å². The molecule has 0 aliphatic heterocycles. The van der Waals surface area contributed by atoms with E-state index in [-0.39, 0.29) is 6.04 Å². The number of hydrogen-bond donors (Lipinski definition) is 1. The molecule has 20 heavy (non-hydrogen) atoms. The van der Waals surface area contributed by atoms with Crippen molar-refractivity contribution in [3.63, 3.8) is 0 Å². The number of methoxy groups -OCH3 is 2. The van der Waals surface area contributed by atoms with Crippen LogP contribution < -0.4 is 14.8 Å². The van der Waals surface area contributed by atoms with Crippen LogP contribution in [0, 0.1) is 0 Å². The molecular formula is C14H15Cl2NO2S. The first-order chi connectivity index (χ1) is 9.60. The molecule has 1 aromatic heterocycles. The minimum absolute atomic E-state index is 0.115. The highest BCUT2D eigenvalue weighted by molar-refractivity contribution is 7.20. The van der Waals surface area contributed by atoms with Crippen LogP contribution in [0.15, 0.2) is 24.3 Å². The summed E-state index contributed by atoms with van der Waals surface area (Å²) in [6, 6.07) is 7.42. The number of ether oxygens (including phenoxy) is 2. The summed E-state index contributed by atoms with van der Waals surface area (Å²) in [6.45, 7) is 0. The van der Waals surface area contributed by atoms with E-state index >= 15 is 0 Å². The van der Waals surface area contributed by atoms with Crippen LogP contribution in [0.25, 0.3) is 0 Å². The van der Waals surface area contributed by atoms with E-state index in [9.17, 15) is 0 Å². The summed E-state index contributed by atoms with van der Waals surface area (Å²) in [6.07, 6.45) is 0. The molecule has 6 heteroatoms. The van der Waals surface area contributed by atoms with Crippen molar-refractivity contribution in [3.05, 3.63) is 44.1 Å². The molecule has 0 amide bonds. The Hall–Kier alpha value is -0.940. The molecule has 2 aromatic rings. The molecule has 1 N–H and O–H groups in total. The molecule has 2 rings (SSSR count). The molecule has 3 nitrogen and oxygen atoms in total. The lowest BCUT2D eigenvalue weighted by atomic mass is 10.00. The fourth-order valence-electron chi connectivity index (χ4n) is 2.09. The molecule has 0 bridgehead atoms. The molecule has 0 spiro atoms. The third-order valence-corrected chi connectivity index (χ3v) is 4.55. The zero-order chi connectivity index (χ0) is 14.7. The minimum Gasteiger partial charge on any atom is -0.497 e. The fraction of sp³-hybridized carbons (Fsp3) is 0.286. The third kappa shape index (κ3) is 3.04. The minimum atomic E-state index is -0.115. The molecule has 1 unspecified atom stereocenters. The summed E-state index contributed by atoms with van der Waals surface area (Å²) in [7, 11) is 5.14. The van der Waals surface area contributed by atoms with Crippen LogP contribution in [0.3, 0.4) is 0 Å². The smallest absolute Gasteiger partial charge is 0.124 e. The lowest BCUT2D eigenvalue weighted by molar-refractivity contribution is 0.395. The number of halogens is 2. The van der Waals surface area contributed by atoms with Gasteiger partial charge in [-0.2, -0.15) is 0 Å². The van der Waals surface area contributed by atoms with Crippen LogP contribution in [-0.2, 0) is 0 Å². The summed E-state index contributed by atoms with van der Waals surface area (Å²) >= 11 is 13.6. The lowest BCUT2D eigenvalue weighted by Crippen LogP contribution is -2.18. The van der Waals surface area contributed by atoms with Gasteiger partial charge in [0.25, 0.3) is 0 Å². The second-order valence-corrected chi connectivity index (χ2v) is 6.39. The second kappa shape index (κ2) is 6.68. The van der Waals surface area contributed by atoms with Crippen LogP contribution in [0.5, 0.6) is 11.5 Å². The molecule has 1 heterocycles. The van der Waals surface area contributed by atoms with Gasteiger partial charge in [0.2, 0.25) is 0 Å². The number of thiophene rings is 1. The van der Waals surface area contributed by atoms with Crippen molar-refractivity contribution in [2.45, 2.75) is 6.04 Å². The summed E-state index contributed by atoms with van der Waals surface area (Å²) in [4.78, 5) is 0. The number of hydrogen-bond acceptors (Lipinski definition) is 4. The van der Waals surface area contributed by atoms with Crippen molar-refractivity contribution >= 4 is 34.5 Å². The average Bonchev–Trinajstić information content (AvgIpc) is 2.78. The van der Waals surface area contributed by atoms with Gasteiger partial charge < -0.3 is 14.8 Å². The molecule has 0 saturated heterocycles. The Kier molecular flexibility index (Phi) is 5.16. The van der Waals surface area contributed by atoms with Crippen molar-refractivity contribution in [2.24, 2.45) is 0 Å². The molecule has 0 radical (unpaired) electrons. The normalized spacial score (nSPS) is 12.2. The van der Waals surface area contributed by atoms with Crippen molar-refractivity contribution in [1.29, 1.82) is 0 Å². The fourth-order valence-corrected chi connectivity index (χ4v) is 3.63. The van der Waals surface area contributed by atoms with Crippen molar-refractivity contribution in [1.82, 2.24) is 5.32 Å². The topological polar surface area (TPSA) is 30.5 Å². The van der Waals surface area contributed by atoms with Gasteiger partial charge in [0.15, 0.2) is 0 Å². The van der Waals surface area contributed by atoms with Gasteiger partial charge in [-0.25, -0.2) is 0 Å². The third-order valence-electron chi connectivity index (χ3n) is 3.03. The summed E-state index contributed by atoms with van der Waals surface area (Å²) < 4.78 is 12.0. The van der Waals surface area contributed by atoms with Crippen LogP contribution in [0.1, 0.15) is 17.2 Å². The summed E-state index contributed by atoms with van der Waals surface area (Å²) in [5.74, 6) is 1.53. The monoisotopic (exact) mass is 331 g/mol. The predicted molar refractivity (Wildman–Crippen MR) is 84.8 cm³/mol. The van der Waals surface area contributed by atoms with Crippen LogP contribution >= 0.6 is 34.5 Å². The van der Waals surface area contributed by atoms with Gasteiger partial charge in [0, 0.05) is 11.1 Å². The highest BCUT2D eigenvalue weighted by Gasteiger charge is 2.22. The SMILES string of the molecule is CNC(c1cc(OC)ccc1OC)c1cc(Cl)sc1Cl. The first-order valence-corrected chi connectivity index (χ1v) is 7.51. The van der Waals surface area contributed by atoms with Crippen molar-refractivity contribution in [3.8, 4) is 11.5 Å². The Morgan fingerprint density at radius 2 is 1.85 bits per heavy atom. The standard InChI is InChI=1S/C14H15Cl2NO2S/c1-17-13(10-7-12(15)20-14(10)16)9-6-8(18-2)4-5-11(9)19-3/h4-7,13,17H,1-3H3. The van der Waals surface area contributed by atoms with Crippen molar-refractivity contribution < 1.29 is 9.47 Å². The highest BCUT2D eigenvalue weighted by atomic mass is 35.5. The largest absolute Gasteiger partial charge is 0.497 e. The second-order valence-electron chi connectivity index (χ2n) is 4.11. The average molecular weight is 332 g/mol. The van der Waals surface area contributed by atoms with E-state index in [0.29, 0.717) is 8.67 Å². The number of benzene rings is 1. The van der Waals surface area contributed by atoms with Gasteiger partial charge in [-0.05, 0) is 31.3 Å². The molecule has 1 atom stereocenters. The van der Waals surface area contributed by atoms with E-state index in [1.54, 1.807) is 14.2 Å².